The van der Waals surface area contributed by atoms with Crippen LogP contribution in [0.1, 0.15) is 20.7 Å². The van der Waals surface area contributed by atoms with Gasteiger partial charge in [-0.05, 0) is 36.4 Å². The van der Waals surface area contributed by atoms with Crippen molar-refractivity contribution in [3.05, 3.63) is 78.5 Å². The van der Waals surface area contributed by atoms with Crippen LogP contribution in [0.15, 0.2) is 71.8 Å². The Morgan fingerprint density at radius 1 is 0.913 bits per heavy atom. The smallest absolute Gasteiger partial charge is 0.258 e. The quantitative estimate of drug-likeness (QED) is 0.775. The maximum absolute atomic E-state index is 12.1. The molecule has 0 saturated heterocycles. The Balaban J connectivity index is 1.70. The Hall–Kier alpha value is -3.41. The second-order valence-electron chi connectivity index (χ2n) is 4.74. The van der Waals surface area contributed by atoms with E-state index >= 15 is 0 Å². The van der Waals surface area contributed by atoms with Crippen LogP contribution in [0.2, 0.25) is 0 Å². The number of pyridine rings is 1. The van der Waals surface area contributed by atoms with Crippen molar-refractivity contribution in [1.82, 2.24) is 4.98 Å². The highest BCUT2D eigenvalue weighted by molar-refractivity contribution is 6.06. The molecule has 1 aromatic carbocycles. The number of nitrogens with zero attached hydrogens (tertiary/aromatic N) is 1. The summed E-state index contributed by atoms with van der Waals surface area (Å²) in [7, 11) is 0. The van der Waals surface area contributed by atoms with E-state index in [0.29, 0.717) is 22.5 Å². The summed E-state index contributed by atoms with van der Waals surface area (Å²) in [6.07, 6.45) is 5.88. The van der Waals surface area contributed by atoms with Crippen LogP contribution in [0.5, 0.6) is 0 Å². The highest BCUT2D eigenvalue weighted by Gasteiger charge is 2.09. The summed E-state index contributed by atoms with van der Waals surface area (Å²) in [6.45, 7) is 0. The van der Waals surface area contributed by atoms with E-state index < -0.39 is 0 Å². The van der Waals surface area contributed by atoms with Crippen molar-refractivity contribution in [2.45, 2.75) is 0 Å². The van der Waals surface area contributed by atoms with Gasteiger partial charge < -0.3 is 15.1 Å². The molecule has 2 N–H and O–H groups in total. The highest BCUT2D eigenvalue weighted by atomic mass is 16.3. The summed E-state index contributed by atoms with van der Waals surface area (Å²) in [5.74, 6) is -0.550. The third-order valence-corrected chi connectivity index (χ3v) is 3.09. The number of nitrogens with one attached hydrogen (secondary N) is 2. The van der Waals surface area contributed by atoms with Crippen LogP contribution in [0.3, 0.4) is 0 Å². The lowest BCUT2D eigenvalue weighted by atomic mass is 10.2. The highest BCUT2D eigenvalue weighted by Crippen LogP contribution is 2.17. The van der Waals surface area contributed by atoms with Crippen molar-refractivity contribution in [2.75, 3.05) is 10.6 Å². The number of amides is 2. The number of hydrogen-bond donors (Lipinski definition) is 2. The Bertz CT molecular complexity index is 814. The Labute approximate surface area is 132 Å². The van der Waals surface area contributed by atoms with Crippen LogP contribution in [-0.2, 0) is 0 Å². The number of anilines is 2. The molecule has 0 aliphatic rings. The lowest BCUT2D eigenvalue weighted by Gasteiger charge is -2.08. The van der Waals surface area contributed by atoms with Crippen molar-refractivity contribution < 1.29 is 14.0 Å². The van der Waals surface area contributed by atoms with E-state index in [9.17, 15) is 9.59 Å². The van der Waals surface area contributed by atoms with Gasteiger partial charge in [-0.1, -0.05) is 6.07 Å². The molecule has 114 valence electrons. The topological polar surface area (TPSA) is 84.2 Å². The molecule has 23 heavy (non-hydrogen) atoms. The van der Waals surface area contributed by atoms with Crippen LogP contribution < -0.4 is 10.6 Å². The van der Waals surface area contributed by atoms with Crippen LogP contribution in [0.4, 0.5) is 11.4 Å². The van der Waals surface area contributed by atoms with Crippen molar-refractivity contribution in [1.29, 1.82) is 0 Å². The van der Waals surface area contributed by atoms with E-state index in [1.54, 1.807) is 48.7 Å². The van der Waals surface area contributed by atoms with Gasteiger partial charge in [-0.3, -0.25) is 14.6 Å². The van der Waals surface area contributed by atoms with Crippen molar-refractivity contribution in [2.24, 2.45) is 0 Å². The number of hydrogen-bond acceptors (Lipinski definition) is 4. The number of benzene rings is 1. The van der Waals surface area contributed by atoms with Gasteiger partial charge in [0.05, 0.1) is 17.4 Å². The van der Waals surface area contributed by atoms with E-state index in [-0.39, 0.29) is 11.8 Å². The van der Waals surface area contributed by atoms with Crippen LogP contribution in [0, 0.1) is 0 Å². The van der Waals surface area contributed by atoms with Gasteiger partial charge in [0.25, 0.3) is 11.8 Å². The first-order chi connectivity index (χ1) is 11.2. The molecular weight excluding hydrogens is 294 g/mol. The predicted molar refractivity (Wildman–Crippen MR) is 85.3 cm³/mol. The molecular formula is C17H13N3O3. The molecule has 0 saturated carbocycles. The summed E-state index contributed by atoms with van der Waals surface area (Å²) < 4.78 is 4.87. The third-order valence-electron chi connectivity index (χ3n) is 3.09. The SMILES string of the molecule is O=C(Nc1cccc(NC(=O)c2ccoc2)c1)c1cccnc1. The fourth-order valence-electron chi connectivity index (χ4n) is 1.97. The van der Waals surface area contributed by atoms with E-state index in [1.165, 1.54) is 18.7 Å². The van der Waals surface area contributed by atoms with Crippen molar-refractivity contribution in [3.8, 4) is 0 Å². The van der Waals surface area contributed by atoms with Gasteiger partial charge in [0.15, 0.2) is 0 Å². The van der Waals surface area contributed by atoms with Gasteiger partial charge in [-0.25, -0.2) is 0 Å². The summed E-state index contributed by atoms with van der Waals surface area (Å²) >= 11 is 0. The van der Waals surface area contributed by atoms with E-state index in [1.807, 2.05) is 0 Å². The first kappa shape index (κ1) is 14.5. The normalized spacial score (nSPS) is 10.1. The monoisotopic (exact) mass is 307 g/mol. The van der Waals surface area contributed by atoms with Crippen LogP contribution in [0.25, 0.3) is 0 Å². The molecule has 0 unspecified atom stereocenters. The molecule has 0 atom stereocenters. The molecule has 2 aromatic heterocycles. The molecule has 0 aliphatic heterocycles. The van der Waals surface area contributed by atoms with Crippen LogP contribution in [-0.4, -0.2) is 16.8 Å². The predicted octanol–water partition coefficient (Wildman–Crippen LogP) is 3.18. The van der Waals surface area contributed by atoms with Crippen molar-refractivity contribution >= 4 is 23.2 Å². The maximum Gasteiger partial charge on any atom is 0.258 e. The minimum absolute atomic E-state index is 0.267. The Morgan fingerprint density at radius 2 is 1.65 bits per heavy atom. The van der Waals surface area contributed by atoms with Gasteiger partial charge >= 0.3 is 0 Å². The van der Waals surface area contributed by atoms with E-state index in [4.69, 9.17) is 4.42 Å². The molecule has 3 rings (SSSR count). The number of carbonyl (C=O) groups excluding carboxylic acids is 2. The fraction of sp³-hybridized carbons (Fsp3) is 0. The van der Waals surface area contributed by atoms with Gasteiger partial charge in [-0.2, -0.15) is 0 Å². The zero-order chi connectivity index (χ0) is 16.1. The van der Waals surface area contributed by atoms with Gasteiger partial charge in [0.2, 0.25) is 0 Å². The number of aromatic nitrogens is 1. The summed E-state index contributed by atoms with van der Waals surface area (Å²) in [5.41, 5.74) is 2.03. The van der Waals surface area contributed by atoms with Crippen LogP contribution >= 0.6 is 0 Å². The number of furan rings is 1. The molecule has 6 nitrogen and oxygen atoms in total. The fourth-order valence-corrected chi connectivity index (χ4v) is 1.97. The molecule has 2 heterocycles. The Morgan fingerprint density at radius 3 is 2.26 bits per heavy atom. The second kappa shape index (κ2) is 6.57. The summed E-state index contributed by atoms with van der Waals surface area (Å²) in [5, 5.41) is 5.49. The average Bonchev–Trinajstić information content (AvgIpc) is 3.10. The maximum atomic E-state index is 12.1. The van der Waals surface area contributed by atoms with Gasteiger partial charge in [0, 0.05) is 23.8 Å². The zero-order valence-corrected chi connectivity index (χ0v) is 12.0. The standard InChI is InChI=1S/C17H13N3O3/c21-16(12-3-2-7-18-10-12)19-14-4-1-5-15(9-14)20-17(22)13-6-8-23-11-13/h1-11H,(H,19,21)(H,20,22). The van der Waals surface area contributed by atoms with E-state index in [2.05, 4.69) is 15.6 Å². The molecule has 6 heteroatoms. The second-order valence-corrected chi connectivity index (χ2v) is 4.74. The third kappa shape index (κ3) is 3.62. The molecule has 3 aromatic rings. The minimum Gasteiger partial charge on any atom is -0.472 e. The molecule has 0 aliphatic carbocycles. The minimum atomic E-state index is -0.283. The van der Waals surface area contributed by atoms with Crippen molar-refractivity contribution in [3.63, 3.8) is 0 Å². The molecule has 0 radical (unpaired) electrons. The van der Waals surface area contributed by atoms with Gasteiger partial charge in [0.1, 0.15) is 6.26 Å². The average molecular weight is 307 g/mol. The molecule has 0 bridgehead atoms. The first-order valence-electron chi connectivity index (χ1n) is 6.87. The summed E-state index contributed by atoms with van der Waals surface area (Å²) in [4.78, 5) is 28.0. The number of rotatable bonds is 4. The summed E-state index contributed by atoms with van der Waals surface area (Å²) in [6, 6.07) is 11.8. The largest absolute Gasteiger partial charge is 0.472 e. The first-order valence-corrected chi connectivity index (χ1v) is 6.87. The zero-order valence-electron chi connectivity index (χ0n) is 12.0. The number of carbonyl (C=O) groups is 2. The molecule has 2 amide bonds. The van der Waals surface area contributed by atoms with Gasteiger partial charge in [-0.15, -0.1) is 0 Å². The lowest BCUT2D eigenvalue weighted by molar-refractivity contribution is 0.101. The molecule has 0 fully saturated rings. The van der Waals surface area contributed by atoms with E-state index in [0.717, 1.165) is 0 Å². The molecule has 0 spiro atoms. The Kier molecular flexibility index (Phi) is 4.15. The lowest BCUT2D eigenvalue weighted by Crippen LogP contribution is -2.13.